The van der Waals surface area contributed by atoms with Gasteiger partial charge in [-0.25, -0.2) is 0 Å². The Hall–Kier alpha value is -8.68. The molecule has 0 unspecified atom stereocenters. The molecular weight excluding hydrogens is 889 g/mol. The fourth-order valence-electron chi connectivity index (χ4n) is 10.8. The van der Waals surface area contributed by atoms with Gasteiger partial charge in [0, 0.05) is 82.4 Å². The lowest BCUT2D eigenvalue weighted by molar-refractivity contribution is 1.18. The summed E-state index contributed by atoms with van der Waals surface area (Å²) in [5, 5.41) is 11.9. The predicted octanol–water partition coefficient (Wildman–Crippen LogP) is 18.9. The summed E-state index contributed by atoms with van der Waals surface area (Å²) in [7, 11) is 0. The predicted molar refractivity (Wildman–Crippen MR) is 301 cm³/mol. The first-order valence-electron chi connectivity index (χ1n) is 23.7. The monoisotopic (exact) mass is 930 g/mol. The van der Waals surface area contributed by atoms with E-state index < -0.39 is 0 Å². The van der Waals surface area contributed by atoms with Gasteiger partial charge in [0.25, 0.3) is 0 Å². The van der Waals surface area contributed by atoms with Gasteiger partial charge in [-0.05, 0) is 138 Å². The molecule has 0 atom stereocenters. The molecule has 0 radical (unpaired) electrons. The van der Waals surface area contributed by atoms with Gasteiger partial charge in [-0.15, -0.1) is 22.7 Å². The average Bonchev–Trinajstić information content (AvgIpc) is 4.25. The van der Waals surface area contributed by atoms with Gasteiger partial charge in [0.2, 0.25) is 0 Å². The summed E-state index contributed by atoms with van der Waals surface area (Å²) in [5.74, 6) is 0. The maximum absolute atomic E-state index is 2.49. The minimum atomic E-state index is 1.10. The fourth-order valence-corrected chi connectivity index (χ4v) is 12.8. The standard InChI is InChI=1S/C64H42N4S2/c1-5-17-44(18-6-1)65(49-33-35-59-55(41-49)51-25-13-15-27-57(51)67(59)46-21-9-3-10-22-46)48-31-29-43(30-32-48)61-53-37-39-70-64(53)62(54-38-40-69-63(54)61)66(45-19-7-2-8-20-45)50-34-36-60-56(42-50)52-26-14-16-28-58(52)68(60)47-23-11-4-12-24-47/h1-42H. The summed E-state index contributed by atoms with van der Waals surface area (Å²) in [6.45, 7) is 0. The van der Waals surface area contributed by atoms with E-state index in [1.165, 1.54) is 80.6 Å². The van der Waals surface area contributed by atoms with Crippen LogP contribution < -0.4 is 9.80 Å². The van der Waals surface area contributed by atoms with Gasteiger partial charge in [0.1, 0.15) is 0 Å². The van der Waals surface area contributed by atoms with Crippen molar-refractivity contribution in [2.45, 2.75) is 0 Å². The smallest absolute Gasteiger partial charge is 0.0727 e. The molecule has 6 heteroatoms. The van der Waals surface area contributed by atoms with Crippen LogP contribution >= 0.6 is 22.7 Å². The van der Waals surface area contributed by atoms with Crippen LogP contribution in [0.2, 0.25) is 0 Å². The maximum Gasteiger partial charge on any atom is 0.0727 e. The number of fused-ring (bicyclic) bond motifs is 8. The molecule has 0 aliphatic heterocycles. The third-order valence-corrected chi connectivity index (χ3v) is 15.7. The zero-order valence-electron chi connectivity index (χ0n) is 37.9. The van der Waals surface area contributed by atoms with Crippen LogP contribution in [0.1, 0.15) is 0 Å². The highest BCUT2D eigenvalue weighted by molar-refractivity contribution is 7.20. The van der Waals surface area contributed by atoms with E-state index in [1.54, 1.807) is 0 Å². The van der Waals surface area contributed by atoms with Crippen molar-refractivity contribution in [3.63, 3.8) is 0 Å². The average molecular weight is 931 g/mol. The summed E-state index contributed by atoms with van der Waals surface area (Å²) < 4.78 is 7.30. The number of anilines is 6. The van der Waals surface area contributed by atoms with Crippen molar-refractivity contribution in [2.75, 3.05) is 9.80 Å². The number of aromatic nitrogens is 2. The number of hydrogen-bond donors (Lipinski definition) is 0. The lowest BCUT2D eigenvalue weighted by atomic mass is 9.97. The molecule has 10 aromatic carbocycles. The topological polar surface area (TPSA) is 16.3 Å². The summed E-state index contributed by atoms with van der Waals surface area (Å²) in [4.78, 5) is 4.87. The van der Waals surface area contributed by atoms with Gasteiger partial charge in [-0.3, -0.25) is 0 Å². The quantitative estimate of drug-likeness (QED) is 0.143. The van der Waals surface area contributed by atoms with E-state index in [1.807, 2.05) is 22.7 Å². The third-order valence-electron chi connectivity index (χ3n) is 13.8. The Kier molecular flexibility index (Phi) is 9.54. The van der Waals surface area contributed by atoms with Crippen LogP contribution in [0.25, 0.3) is 86.3 Å². The zero-order valence-corrected chi connectivity index (χ0v) is 39.5. The molecule has 14 aromatic rings. The number of rotatable bonds is 9. The Bertz CT molecular complexity index is 4180. The van der Waals surface area contributed by atoms with Crippen LogP contribution in [-0.2, 0) is 0 Å². The molecular formula is C64H42N4S2. The SMILES string of the molecule is c1ccc(N(c2ccc(-c3c4ccsc4c(N(c4ccccc4)c4ccc5c(c4)c4ccccc4n5-c4ccccc4)c4ccsc34)cc2)c2ccc3c(c2)c2ccccc2n3-c2ccccc2)cc1. The molecule has 14 rings (SSSR count). The normalized spacial score (nSPS) is 11.7. The number of para-hydroxylation sites is 6. The maximum atomic E-state index is 2.49. The Morgan fingerprint density at radius 2 is 0.700 bits per heavy atom. The van der Waals surface area contributed by atoms with Crippen molar-refractivity contribution in [2.24, 2.45) is 0 Å². The van der Waals surface area contributed by atoms with E-state index in [4.69, 9.17) is 0 Å². The number of benzene rings is 10. The number of thiophene rings is 2. The summed E-state index contributed by atoms with van der Waals surface area (Å²) in [6, 6.07) is 88.3. The van der Waals surface area contributed by atoms with Gasteiger partial charge in [-0.2, -0.15) is 0 Å². The molecule has 0 aliphatic carbocycles. The van der Waals surface area contributed by atoms with Crippen molar-refractivity contribution < 1.29 is 0 Å². The highest BCUT2D eigenvalue weighted by Crippen LogP contribution is 2.52. The first-order chi connectivity index (χ1) is 34.8. The van der Waals surface area contributed by atoms with E-state index in [9.17, 15) is 0 Å². The summed E-state index contributed by atoms with van der Waals surface area (Å²) in [5.41, 5.74) is 16.3. The van der Waals surface area contributed by atoms with Crippen molar-refractivity contribution in [3.05, 3.63) is 253 Å². The van der Waals surface area contributed by atoms with Gasteiger partial charge in [0.15, 0.2) is 0 Å². The third kappa shape index (κ3) is 6.42. The largest absolute Gasteiger partial charge is 0.310 e. The van der Waals surface area contributed by atoms with Crippen molar-refractivity contribution in [1.29, 1.82) is 0 Å². The first-order valence-corrected chi connectivity index (χ1v) is 25.4. The van der Waals surface area contributed by atoms with Crippen LogP contribution in [0.4, 0.5) is 34.1 Å². The fraction of sp³-hybridized carbons (Fsp3) is 0. The molecule has 0 bridgehead atoms. The van der Waals surface area contributed by atoms with E-state index in [0.29, 0.717) is 0 Å². The summed E-state index contributed by atoms with van der Waals surface area (Å²) >= 11 is 3.64. The van der Waals surface area contributed by atoms with Crippen LogP contribution in [0.15, 0.2) is 253 Å². The van der Waals surface area contributed by atoms with Gasteiger partial charge in [0.05, 0.1) is 32.5 Å². The van der Waals surface area contributed by atoms with Crippen LogP contribution in [-0.4, -0.2) is 9.13 Å². The van der Waals surface area contributed by atoms with Gasteiger partial charge in [-0.1, -0.05) is 121 Å². The molecule has 70 heavy (non-hydrogen) atoms. The van der Waals surface area contributed by atoms with Crippen LogP contribution in [0.5, 0.6) is 0 Å². The number of hydrogen-bond acceptors (Lipinski definition) is 4. The second-order valence-electron chi connectivity index (χ2n) is 17.7. The molecule has 0 saturated carbocycles. The molecule has 0 N–H and O–H groups in total. The van der Waals surface area contributed by atoms with Crippen LogP contribution in [0.3, 0.4) is 0 Å². The molecule has 0 fully saturated rings. The molecule has 330 valence electrons. The molecule has 4 heterocycles. The second kappa shape index (κ2) is 16.5. The van der Waals surface area contributed by atoms with Gasteiger partial charge < -0.3 is 18.9 Å². The minimum absolute atomic E-state index is 1.10. The van der Waals surface area contributed by atoms with Crippen molar-refractivity contribution in [3.8, 4) is 22.5 Å². The molecule has 4 nitrogen and oxygen atoms in total. The van der Waals surface area contributed by atoms with Crippen molar-refractivity contribution >= 4 is 121 Å². The molecule has 4 aromatic heterocycles. The second-order valence-corrected chi connectivity index (χ2v) is 19.6. The van der Waals surface area contributed by atoms with E-state index in [2.05, 4.69) is 272 Å². The molecule has 0 saturated heterocycles. The van der Waals surface area contributed by atoms with Crippen LogP contribution in [0, 0.1) is 0 Å². The molecule has 0 aliphatic rings. The van der Waals surface area contributed by atoms with E-state index in [-0.39, 0.29) is 0 Å². The molecule has 0 amide bonds. The van der Waals surface area contributed by atoms with E-state index >= 15 is 0 Å². The van der Waals surface area contributed by atoms with Crippen molar-refractivity contribution in [1.82, 2.24) is 9.13 Å². The Labute approximate surface area is 413 Å². The minimum Gasteiger partial charge on any atom is -0.310 e. The lowest BCUT2D eigenvalue weighted by Gasteiger charge is -2.28. The molecule has 0 spiro atoms. The highest BCUT2D eigenvalue weighted by Gasteiger charge is 2.26. The lowest BCUT2D eigenvalue weighted by Crippen LogP contribution is -2.11. The number of nitrogens with zero attached hydrogens (tertiary/aromatic N) is 4. The first kappa shape index (κ1) is 40.4. The highest BCUT2D eigenvalue weighted by atomic mass is 32.1. The Balaban J connectivity index is 0.910. The Morgan fingerprint density at radius 3 is 1.26 bits per heavy atom. The zero-order chi connectivity index (χ0) is 46.1. The van der Waals surface area contributed by atoms with E-state index in [0.717, 1.165) is 39.8 Å². The van der Waals surface area contributed by atoms with Gasteiger partial charge >= 0.3 is 0 Å². The Morgan fingerprint density at radius 1 is 0.286 bits per heavy atom. The summed E-state index contributed by atoms with van der Waals surface area (Å²) in [6.07, 6.45) is 0.